The van der Waals surface area contributed by atoms with Gasteiger partial charge in [-0.1, -0.05) is 30.3 Å². The lowest BCUT2D eigenvalue weighted by molar-refractivity contribution is 0.134. The lowest BCUT2D eigenvalue weighted by atomic mass is 10.2. The molecule has 0 heterocycles. The summed E-state index contributed by atoms with van der Waals surface area (Å²) in [5.74, 6) is 0. The Balaban J connectivity index is 2.29. The highest BCUT2D eigenvalue weighted by Crippen LogP contribution is 2.00. The van der Waals surface area contributed by atoms with Gasteiger partial charge in [-0.3, -0.25) is 0 Å². The zero-order chi connectivity index (χ0) is 11.1. The Morgan fingerprint density at radius 3 is 2.73 bits per heavy atom. The van der Waals surface area contributed by atoms with Crippen molar-refractivity contribution in [2.75, 3.05) is 6.67 Å². The maximum Gasteiger partial charge on any atom is 0.407 e. The van der Waals surface area contributed by atoms with Crippen molar-refractivity contribution in [1.29, 1.82) is 0 Å². The lowest BCUT2D eigenvalue weighted by Gasteiger charge is -2.10. The molecule has 1 amide bonds. The van der Waals surface area contributed by atoms with Gasteiger partial charge in [-0.05, 0) is 12.5 Å². The van der Waals surface area contributed by atoms with Crippen molar-refractivity contribution in [2.24, 2.45) is 0 Å². The van der Waals surface area contributed by atoms with Crippen LogP contribution in [0.2, 0.25) is 0 Å². The number of benzene rings is 1. The van der Waals surface area contributed by atoms with Crippen LogP contribution in [0.25, 0.3) is 0 Å². The number of amides is 1. The predicted octanol–water partition coefficient (Wildman–Crippen LogP) is 2.27. The molecule has 0 aliphatic heterocycles. The summed E-state index contributed by atoms with van der Waals surface area (Å²) < 4.78 is 16.9. The fourth-order valence-electron chi connectivity index (χ4n) is 1.00. The number of hydrogen-bond donors (Lipinski definition) is 1. The SMILES string of the molecule is CC(CF)NC(=O)OCc1ccccc1. The first-order valence-corrected chi connectivity index (χ1v) is 4.75. The van der Waals surface area contributed by atoms with Crippen LogP contribution in [0.15, 0.2) is 30.3 Å². The standard InChI is InChI=1S/C11H14FNO2/c1-9(7-12)13-11(14)15-8-10-5-3-2-4-6-10/h2-6,9H,7-8H2,1H3,(H,13,14). The van der Waals surface area contributed by atoms with Gasteiger partial charge < -0.3 is 10.1 Å². The molecule has 3 nitrogen and oxygen atoms in total. The zero-order valence-corrected chi connectivity index (χ0v) is 8.57. The summed E-state index contributed by atoms with van der Waals surface area (Å²) in [6.07, 6.45) is -0.594. The highest BCUT2D eigenvalue weighted by molar-refractivity contribution is 5.67. The first-order valence-electron chi connectivity index (χ1n) is 4.75. The van der Waals surface area contributed by atoms with Gasteiger partial charge in [0.2, 0.25) is 0 Å². The second-order valence-corrected chi connectivity index (χ2v) is 3.26. The molecular weight excluding hydrogens is 197 g/mol. The van der Waals surface area contributed by atoms with E-state index >= 15 is 0 Å². The van der Waals surface area contributed by atoms with Gasteiger partial charge in [-0.25, -0.2) is 9.18 Å². The van der Waals surface area contributed by atoms with Gasteiger partial charge in [-0.15, -0.1) is 0 Å². The fourth-order valence-corrected chi connectivity index (χ4v) is 1.00. The molecule has 4 heteroatoms. The summed E-state index contributed by atoms with van der Waals surface area (Å²) >= 11 is 0. The van der Waals surface area contributed by atoms with Crippen LogP contribution < -0.4 is 5.32 Å². The van der Waals surface area contributed by atoms with E-state index in [2.05, 4.69) is 5.32 Å². The molecule has 0 aliphatic carbocycles. The van der Waals surface area contributed by atoms with Crippen LogP contribution in [0.5, 0.6) is 0 Å². The molecule has 1 aromatic rings. The van der Waals surface area contributed by atoms with Crippen molar-refractivity contribution < 1.29 is 13.9 Å². The molecule has 15 heavy (non-hydrogen) atoms. The number of nitrogens with one attached hydrogen (secondary N) is 1. The summed E-state index contributed by atoms with van der Waals surface area (Å²) in [6, 6.07) is 8.81. The molecule has 0 bridgehead atoms. The highest BCUT2D eigenvalue weighted by Gasteiger charge is 2.07. The average molecular weight is 211 g/mol. The van der Waals surface area contributed by atoms with Crippen LogP contribution in [0.4, 0.5) is 9.18 Å². The Hall–Kier alpha value is -1.58. The largest absolute Gasteiger partial charge is 0.445 e. The molecule has 0 fully saturated rings. The quantitative estimate of drug-likeness (QED) is 0.829. The minimum absolute atomic E-state index is 0.200. The van der Waals surface area contributed by atoms with E-state index in [-0.39, 0.29) is 6.61 Å². The summed E-state index contributed by atoms with van der Waals surface area (Å²) in [4.78, 5) is 11.1. The highest BCUT2D eigenvalue weighted by atomic mass is 19.1. The third kappa shape index (κ3) is 4.44. The molecular formula is C11H14FNO2. The minimum atomic E-state index is -0.597. The van der Waals surface area contributed by atoms with Crippen molar-refractivity contribution in [2.45, 2.75) is 19.6 Å². The molecule has 1 atom stereocenters. The van der Waals surface area contributed by atoms with Gasteiger partial charge in [0.1, 0.15) is 13.3 Å². The third-order valence-electron chi connectivity index (χ3n) is 1.81. The summed E-state index contributed by atoms with van der Waals surface area (Å²) in [7, 11) is 0. The van der Waals surface area contributed by atoms with Gasteiger partial charge in [0.15, 0.2) is 0 Å². The molecule has 0 spiro atoms. The molecule has 1 rings (SSSR count). The normalized spacial score (nSPS) is 11.9. The van der Waals surface area contributed by atoms with Gasteiger partial charge >= 0.3 is 6.09 Å². The van der Waals surface area contributed by atoms with Crippen LogP contribution in [-0.4, -0.2) is 18.8 Å². The Kier molecular flexibility index (Phi) is 4.60. The number of ether oxygens (including phenoxy) is 1. The lowest BCUT2D eigenvalue weighted by Crippen LogP contribution is -2.34. The number of rotatable bonds is 4. The molecule has 0 saturated heterocycles. The first kappa shape index (κ1) is 11.5. The molecule has 1 N–H and O–H groups in total. The van der Waals surface area contributed by atoms with Crippen molar-refractivity contribution in [3.05, 3.63) is 35.9 Å². The molecule has 82 valence electrons. The minimum Gasteiger partial charge on any atom is -0.445 e. The Morgan fingerprint density at radius 1 is 1.47 bits per heavy atom. The summed E-state index contributed by atoms with van der Waals surface area (Å²) in [5, 5.41) is 2.36. The average Bonchev–Trinajstić information content (AvgIpc) is 2.27. The predicted molar refractivity (Wildman–Crippen MR) is 55.2 cm³/mol. The van der Waals surface area contributed by atoms with E-state index < -0.39 is 18.8 Å². The van der Waals surface area contributed by atoms with Crippen LogP contribution in [0.3, 0.4) is 0 Å². The Morgan fingerprint density at radius 2 is 2.13 bits per heavy atom. The van der Waals surface area contributed by atoms with Gasteiger partial charge in [0, 0.05) is 0 Å². The van der Waals surface area contributed by atoms with E-state index in [4.69, 9.17) is 4.74 Å². The first-order chi connectivity index (χ1) is 7.22. The molecule has 0 saturated carbocycles. The van der Waals surface area contributed by atoms with E-state index in [1.807, 2.05) is 30.3 Å². The topological polar surface area (TPSA) is 38.3 Å². The van der Waals surface area contributed by atoms with E-state index in [0.29, 0.717) is 0 Å². The van der Waals surface area contributed by atoms with Crippen LogP contribution in [-0.2, 0) is 11.3 Å². The van der Waals surface area contributed by atoms with Crippen molar-refractivity contribution in [3.8, 4) is 0 Å². The van der Waals surface area contributed by atoms with Crippen molar-refractivity contribution in [1.82, 2.24) is 5.32 Å². The third-order valence-corrected chi connectivity index (χ3v) is 1.81. The molecule has 1 unspecified atom stereocenters. The number of alkyl carbamates (subject to hydrolysis) is 1. The van der Waals surface area contributed by atoms with E-state index in [1.165, 1.54) is 0 Å². The van der Waals surface area contributed by atoms with E-state index in [9.17, 15) is 9.18 Å². The molecule has 0 aromatic heterocycles. The van der Waals surface area contributed by atoms with Crippen molar-refractivity contribution >= 4 is 6.09 Å². The van der Waals surface area contributed by atoms with Crippen LogP contribution in [0, 0.1) is 0 Å². The monoisotopic (exact) mass is 211 g/mol. The number of alkyl halides is 1. The zero-order valence-electron chi connectivity index (χ0n) is 8.57. The summed E-state index contributed by atoms with van der Waals surface area (Å²) in [5.41, 5.74) is 0.903. The van der Waals surface area contributed by atoms with Crippen molar-refractivity contribution in [3.63, 3.8) is 0 Å². The molecule has 1 aromatic carbocycles. The van der Waals surface area contributed by atoms with Gasteiger partial charge in [-0.2, -0.15) is 0 Å². The van der Waals surface area contributed by atoms with Gasteiger partial charge in [0.25, 0.3) is 0 Å². The smallest absolute Gasteiger partial charge is 0.407 e. The van der Waals surface area contributed by atoms with Crippen LogP contribution >= 0.6 is 0 Å². The second-order valence-electron chi connectivity index (χ2n) is 3.26. The molecule has 0 radical (unpaired) electrons. The second kappa shape index (κ2) is 6.01. The number of carbonyl (C=O) groups is 1. The Bertz CT molecular complexity index is 303. The van der Waals surface area contributed by atoms with Crippen LogP contribution in [0.1, 0.15) is 12.5 Å². The van der Waals surface area contributed by atoms with E-state index in [1.54, 1.807) is 6.92 Å². The Labute approximate surface area is 88.2 Å². The van der Waals surface area contributed by atoms with Gasteiger partial charge in [0.05, 0.1) is 6.04 Å². The maximum atomic E-state index is 12.0. The maximum absolute atomic E-state index is 12.0. The number of halogens is 1. The number of carbonyl (C=O) groups excluding carboxylic acids is 1. The number of hydrogen-bond acceptors (Lipinski definition) is 2. The van der Waals surface area contributed by atoms with E-state index in [0.717, 1.165) is 5.56 Å². The molecule has 0 aliphatic rings. The fraction of sp³-hybridized carbons (Fsp3) is 0.364. The summed E-state index contributed by atoms with van der Waals surface area (Å²) in [6.45, 7) is 1.18.